The molecule has 4 aromatic carbocycles. The van der Waals surface area contributed by atoms with Crippen LogP contribution in [-0.2, 0) is 0 Å². The summed E-state index contributed by atoms with van der Waals surface area (Å²) in [5.41, 5.74) is 14.8. The summed E-state index contributed by atoms with van der Waals surface area (Å²) in [6.45, 7) is 2.90. The Bertz CT molecular complexity index is 1410. The van der Waals surface area contributed by atoms with E-state index in [0.29, 0.717) is 35.0 Å². The molecular formula is C34H36N2O5. The second kappa shape index (κ2) is 14.6. The number of carbonyl (C=O) groups excluding carboxylic acids is 2. The first kappa shape index (κ1) is 29.2. The number of nitrogen functional groups attached to an aromatic ring is 2. The number of unbranched alkanes of at least 4 members (excludes halogenated alkanes) is 5. The van der Waals surface area contributed by atoms with Crippen LogP contribution in [0.15, 0.2) is 91.0 Å². The zero-order valence-electron chi connectivity index (χ0n) is 23.3. The van der Waals surface area contributed by atoms with Crippen molar-refractivity contribution in [1.82, 2.24) is 0 Å². The molecular weight excluding hydrogens is 516 g/mol. The molecule has 0 fully saturated rings. The Kier molecular flexibility index (Phi) is 10.4. The van der Waals surface area contributed by atoms with E-state index in [1.807, 2.05) is 36.4 Å². The van der Waals surface area contributed by atoms with Gasteiger partial charge in [0, 0.05) is 11.4 Å². The van der Waals surface area contributed by atoms with Gasteiger partial charge in [0.05, 0.1) is 17.7 Å². The van der Waals surface area contributed by atoms with Gasteiger partial charge in [-0.25, -0.2) is 9.59 Å². The molecule has 0 radical (unpaired) electrons. The van der Waals surface area contributed by atoms with Gasteiger partial charge in [-0.2, -0.15) is 0 Å². The van der Waals surface area contributed by atoms with Gasteiger partial charge in [0.25, 0.3) is 0 Å². The molecule has 0 aromatic heterocycles. The lowest BCUT2D eigenvalue weighted by atomic mass is 10.0. The van der Waals surface area contributed by atoms with Gasteiger partial charge >= 0.3 is 11.9 Å². The molecule has 0 bridgehead atoms. The monoisotopic (exact) mass is 552 g/mol. The SMILES string of the molecule is CCCCCCCCOc1ccc(OC(=O)c2ccc(-c3ccc(OC(=O)c4cc(N)cc(N)c4)cc3)cc2)cc1. The predicted octanol–water partition coefficient (Wildman–Crippen LogP) is 7.70. The Balaban J connectivity index is 1.26. The first-order valence-electron chi connectivity index (χ1n) is 13.9. The van der Waals surface area contributed by atoms with Crippen LogP contribution < -0.4 is 25.7 Å². The van der Waals surface area contributed by atoms with Crippen LogP contribution in [0.2, 0.25) is 0 Å². The summed E-state index contributed by atoms with van der Waals surface area (Å²) in [7, 11) is 0. The van der Waals surface area contributed by atoms with Crippen molar-refractivity contribution in [2.75, 3.05) is 18.1 Å². The minimum atomic E-state index is -0.546. The maximum atomic E-state index is 12.7. The van der Waals surface area contributed by atoms with Gasteiger partial charge in [0.1, 0.15) is 17.2 Å². The van der Waals surface area contributed by atoms with Gasteiger partial charge in [-0.1, -0.05) is 63.3 Å². The molecule has 0 aliphatic heterocycles. The number of nitrogens with two attached hydrogens (primary N) is 2. The second-order valence-corrected chi connectivity index (χ2v) is 9.86. The first-order valence-corrected chi connectivity index (χ1v) is 13.9. The van der Waals surface area contributed by atoms with Crippen molar-refractivity contribution in [3.8, 4) is 28.4 Å². The highest BCUT2D eigenvalue weighted by Crippen LogP contribution is 2.25. The Morgan fingerprint density at radius 2 is 1.02 bits per heavy atom. The van der Waals surface area contributed by atoms with Crippen molar-refractivity contribution in [2.24, 2.45) is 0 Å². The molecule has 4 aromatic rings. The lowest BCUT2D eigenvalue weighted by molar-refractivity contribution is 0.0725. The van der Waals surface area contributed by atoms with E-state index >= 15 is 0 Å². The largest absolute Gasteiger partial charge is 0.494 e. The molecule has 0 saturated heterocycles. The summed E-state index contributed by atoms with van der Waals surface area (Å²) in [6.07, 6.45) is 7.29. The lowest BCUT2D eigenvalue weighted by Crippen LogP contribution is -2.09. The molecule has 0 saturated carbocycles. The summed E-state index contributed by atoms with van der Waals surface area (Å²) in [6, 6.07) is 25.9. The van der Waals surface area contributed by atoms with Gasteiger partial charge in [-0.05, 0) is 84.3 Å². The molecule has 4 rings (SSSR count). The third-order valence-corrected chi connectivity index (χ3v) is 6.53. The van der Waals surface area contributed by atoms with Crippen molar-refractivity contribution in [1.29, 1.82) is 0 Å². The first-order chi connectivity index (χ1) is 19.9. The second-order valence-electron chi connectivity index (χ2n) is 9.86. The molecule has 41 heavy (non-hydrogen) atoms. The van der Waals surface area contributed by atoms with Gasteiger partial charge < -0.3 is 25.7 Å². The Hall–Kier alpha value is -4.78. The number of esters is 2. The number of ether oxygens (including phenoxy) is 3. The normalized spacial score (nSPS) is 10.7. The van der Waals surface area contributed by atoms with Crippen LogP contribution in [0.1, 0.15) is 66.2 Å². The van der Waals surface area contributed by atoms with Crippen LogP contribution in [0.5, 0.6) is 17.2 Å². The van der Waals surface area contributed by atoms with E-state index in [1.165, 1.54) is 44.2 Å². The maximum Gasteiger partial charge on any atom is 0.343 e. The van der Waals surface area contributed by atoms with E-state index < -0.39 is 11.9 Å². The number of anilines is 2. The smallest absolute Gasteiger partial charge is 0.343 e. The number of hydrogen-bond donors (Lipinski definition) is 2. The molecule has 0 atom stereocenters. The predicted molar refractivity (Wildman–Crippen MR) is 162 cm³/mol. The van der Waals surface area contributed by atoms with Gasteiger partial charge in [-0.15, -0.1) is 0 Å². The van der Waals surface area contributed by atoms with Gasteiger partial charge in [0.15, 0.2) is 0 Å². The van der Waals surface area contributed by atoms with Crippen LogP contribution in [-0.4, -0.2) is 18.5 Å². The van der Waals surface area contributed by atoms with Crippen LogP contribution >= 0.6 is 0 Å². The topological polar surface area (TPSA) is 114 Å². The van der Waals surface area contributed by atoms with E-state index in [2.05, 4.69) is 6.92 Å². The van der Waals surface area contributed by atoms with E-state index in [9.17, 15) is 9.59 Å². The third kappa shape index (κ3) is 8.86. The van der Waals surface area contributed by atoms with Gasteiger partial charge in [-0.3, -0.25) is 0 Å². The molecule has 4 N–H and O–H groups in total. The van der Waals surface area contributed by atoms with Crippen molar-refractivity contribution >= 4 is 23.3 Å². The number of rotatable bonds is 13. The average molecular weight is 553 g/mol. The van der Waals surface area contributed by atoms with Crippen molar-refractivity contribution < 1.29 is 23.8 Å². The molecule has 0 spiro atoms. The fourth-order valence-corrected chi connectivity index (χ4v) is 4.32. The summed E-state index contributed by atoms with van der Waals surface area (Å²) < 4.78 is 16.8. The van der Waals surface area contributed by atoms with E-state index in [-0.39, 0.29) is 5.56 Å². The Labute approximate surface area is 241 Å². The molecule has 0 amide bonds. The highest BCUT2D eigenvalue weighted by molar-refractivity contribution is 5.93. The van der Waals surface area contributed by atoms with Crippen molar-refractivity contribution in [2.45, 2.75) is 45.4 Å². The summed E-state index contributed by atoms with van der Waals surface area (Å²) >= 11 is 0. The van der Waals surface area contributed by atoms with E-state index in [4.69, 9.17) is 25.7 Å². The Morgan fingerprint density at radius 3 is 1.61 bits per heavy atom. The standard InChI is InChI=1S/C34H36N2O5/c1-2-3-4-5-6-7-20-39-30-16-18-32(19-17-30)40-33(37)26-10-8-24(9-11-26)25-12-14-31(15-13-25)41-34(38)27-21-28(35)23-29(36)22-27/h8-19,21-23H,2-7,20,35-36H2,1H3. The highest BCUT2D eigenvalue weighted by atomic mass is 16.5. The summed E-state index contributed by atoms with van der Waals surface area (Å²) in [4.78, 5) is 25.1. The van der Waals surface area contributed by atoms with E-state index in [0.717, 1.165) is 23.3 Å². The summed E-state index contributed by atoms with van der Waals surface area (Å²) in [5, 5.41) is 0. The molecule has 0 aliphatic rings. The number of hydrogen-bond acceptors (Lipinski definition) is 7. The minimum Gasteiger partial charge on any atom is -0.494 e. The zero-order valence-corrected chi connectivity index (χ0v) is 23.3. The lowest BCUT2D eigenvalue weighted by Gasteiger charge is -2.09. The fourth-order valence-electron chi connectivity index (χ4n) is 4.32. The van der Waals surface area contributed by atoms with Crippen molar-refractivity contribution in [3.05, 3.63) is 102 Å². The van der Waals surface area contributed by atoms with Crippen LogP contribution in [0.4, 0.5) is 11.4 Å². The van der Waals surface area contributed by atoms with Crippen LogP contribution in [0.3, 0.4) is 0 Å². The third-order valence-electron chi connectivity index (χ3n) is 6.53. The van der Waals surface area contributed by atoms with Crippen LogP contribution in [0, 0.1) is 0 Å². The maximum absolute atomic E-state index is 12.7. The fraction of sp³-hybridized carbons (Fsp3) is 0.235. The van der Waals surface area contributed by atoms with E-state index in [1.54, 1.807) is 42.5 Å². The van der Waals surface area contributed by atoms with Crippen LogP contribution in [0.25, 0.3) is 11.1 Å². The van der Waals surface area contributed by atoms with Gasteiger partial charge in [0.2, 0.25) is 0 Å². The molecule has 212 valence electrons. The quantitative estimate of drug-likeness (QED) is 0.0756. The molecule has 7 heteroatoms. The number of benzene rings is 4. The minimum absolute atomic E-state index is 0.279. The Morgan fingerprint density at radius 1 is 0.561 bits per heavy atom. The average Bonchev–Trinajstić information content (AvgIpc) is 2.97. The molecule has 0 heterocycles. The molecule has 7 nitrogen and oxygen atoms in total. The number of carbonyl (C=O) groups is 2. The molecule has 0 aliphatic carbocycles. The zero-order chi connectivity index (χ0) is 29.0. The van der Waals surface area contributed by atoms with Crippen molar-refractivity contribution in [3.63, 3.8) is 0 Å². The molecule has 0 unspecified atom stereocenters. The summed E-state index contributed by atoms with van der Waals surface area (Å²) in [5.74, 6) is 0.616. The highest BCUT2D eigenvalue weighted by Gasteiger charge is 2.12.